The summed E-state index contributed by atoms with van der Waals surface area (Å²) in [6.45, 7) is 3.37. The van der Waals surface area contributed by atoms with Gasteiger partial charge in [-0.1, -0.05) is 11.6 Å². The van der Waals surface area contributed by atoms with E-state index in [2.05, 4.69) is 15.4 Å². The van der Waals surface area contributed by atoms with Gasteiger partial charge in [-0.05, 0) is 38.1 Å². The minimum absolute atomic E-state index is 0.00722. The van der Waals surface area contributed by atoms with Crippen molar-refractivity contribution < 1.29 is 28.2 Å². The summed E-state index contributed by atoms with van der Waals surface area (Å²) in [7, 11) is 2.91. The van der Waals surface area contributed by atoms with Crippen molar-refractivity contribution in [3.63, 3.8) is 0 Å². The number of amides is 1. The lowest BCUT2D eigenvalue weighted by Crippen LogP contribution is -2.21. The number of pyridine rings is 1. The maximum absolute atomic E-state index is 13.0. The number of aromatic nitrogens is 3. The number of carbonyl (C=O) groups is 2. The Hall–Kier alpha value is -4.05. The number of halogens is 1. The third-order valence-corrected chi connectivity index (χ3v) is 5.43. The van der Waals surface area contributed by atoms with Gasteiger partial charge in [0.05, 0.1) is 48.3 Å². The van der Waals surface area contributed by atoms with Gasteiger partial charge in [-0.15, -0.1) is 0 Å². The van der Waals surface area contributed by atoms with Crippen molar-refractivity contribution in [2.24, 2.45) is 0 Å². The van der Waals surface area contributed by atoms with Crippen LogP contribution in [0.15, 0.2) is 47.2 Å². The molecule has 35 heavy (non-hydrogen) atoms. The molecular formula is C24H23ClN4O6. The number of benzene rings is 1. The van der Waals surface area contributed by atoms with Crippen LogP contribution in [-0.2, 0) is 9.53 Å². The minimum atomic E-state index is -0.705. The van der Waals surface area contributed by atoms with E-state index in [0.717, 1.165) is 0 Å². The molecule has 3 aromatic heterocycles. The fourth-order valence-electron chi connectivity index (χ4n) is 3.47. The van der Waals surface area contributed by atoms with Crippen LogP contribution < -0.4 is 14.8 Å². The van der Waals surface area contributed by atoms with Gasteiger partial charge in [-0.2, -0.15) is 5.10 Å². The normalized spacial score (nSPS) is 11.0. The molecule has 0 aliphatic carbocycles. The van der Waals surface area contributed by atoms with Crippen LogP contribution in [0.5, 0.6) is 11.5 Å². The fraction of sp³-hybridized carbons (Fsp3) is 0.250. The summed E-state index contributed by atoms with van der Waals surface area (Å²) in [5.74, 6) is -0.0655. The number of ether oxygens (including phenoxy) is 3. The summed E-state index contributed by atoms with van der Waals surface area (Å²) >= 11 is 6.15. The Labute approximate surface area is 205 Å². The molecule has 11 heteroatoms. The van der Waals surface area contributed by atoms with Crippen molar-refractivity contribution in [2.45, 2.75) is 19.9 Å². The van der Waals surface area contributed by atoms with Crippen LogP contribution >= 0.6 is 11.6 Å². The maximum atomic E-state index is 13.0. The molecule has 10 nitrogen and oxygen atoms in total. The highest BCUT2D eigenvalue weighted by atomic mass is 35.5. The molecule has 0 saturated carbocycles. The number of anilines is 1. The molecule has 0 aliphatic rings. The van der Waals surface area contributed by atoms with Gasteiger partial charge < -0.3 is 23.9 Å². The van der Waals surface area contributed by atoms with E-state index in [1.807, 2.05) is 13.8 Å². The predicted octanol–water partition coefficient (Wildman–Crippen LogP) is 4.74. The van der Waals surface area contributed by atoms with E-state index in [0.29, 0.717) is 39.7 Å². The van der Waals surface area contributed by atoms with E-state index in [9.17, 15) is 9.59 Å². The van der Waals surface area contributed by atoms with Gasteiger partial charge >= 0.3 is 5.97 Å². The molecule has 0 unspecified atom stereocenters. The number of fused-ring (bicyclic) bond motifs is 1. The first kappa shape index (κ1) is 24.1. The van der Waals surface area contributed by atoms with Gasteiger partial charge in [0.15, 0.2) is 18.0 Å². The summed E-state index contributed by atoms with van der Waals surface area (Å²) in [5.41, 5.74) is 1.47. The molecule has 1 amide bonds. The molecule has 0 bridgehead atoms. The average Bonchev–Trinajstić information content (AvgIpc) is 3.52. The Morgan fingerprint density at radius 2 is 1.94 bits per heavy atom. The van der Waals surface area contributed by atoms with E-state index >= 15 is 0 Å². The zero-order valence-electron chi connectivity index (χ0n) is 19.5. The van der Waals surface area contributed by atoms with Gasteiger partial charge in [0.25, 0.3) is 5.91 Å². The van der Waals surface area contributed by atoms with E-state index in [1.165, 1.54) is 26.5 Å². The second-order valence-electron chi connectivity index (χ2n) is 7.76. The number of nitrogens with zero attached hydrogens (tertiary/aromatic N) is 3. The van der Waals surface area contributed by atoms with Crippen LogP contribution in [0, 0.1) is 0 Å². The molecule has 1 N–H and O–H groups in total. The quantitative estimate of drug-likeness (QED) is 0.346. The molecule has 3 heterocycles. The van der Waals surface area contributed by atoms with Crippen molar-refractivity contribution in [1.82, 2.24) is 14.8 Å². The van der Waals surface area contributed by atoms with E-state index in [4.69, 9.17) is 30.2 Å². The maximum Gasteiger partial charge on any atom is 0.339 e. The molecule has 182 valence electrons. The molecule has 0 radical (unpaired) electrons. The minimum Gasteiger partial charge on any atom is -0.495 e. The Morgan fingerprint density at radius 3 is 2.60 bits per heavy atom. The van der Waals surface area contributed by atoms with Crippen molar-refractivity contribution in [3.05, 3.63) is 53.4 Å². The number of nitrogens with one attached hydrogen (secondary N) is 1. The summed E-state index contributed by atoms with van der Waals surface area (Å²) in [5, 5.41) is 7.77. The lowest BCUT2D eigenvalue weighted by Gasteiger charge is -2.13. The van der Waals surface area contributed by atoms with Crippen LogP contribution in [0.1, 0.15) is 30.2 Å². The highest BCUT2D eigenvalue weighted by Gasteiger charge is 2.21. The largest absolute Gasteiger partial charge is 0.495 e. The number of methoxy groups -OCH3 is 2. The third kappa shape index (κ3) is 4.92. The molecular weight excluding hydrogens is 476 g/mol. The Bertz CT molecular complexity index is 1380. The van der Waals surface area contributed by atoms with Gasteiger partial charge in [-0.3, -0.25) is 4.79 Å². The summed E-state index contributed by atoms with van der Waals surface area (Å²) in [6.07, 6.45) is 3.07. The Morgan fingerprint density at radius 1 is 1.17 bits per heavy atom. The molecule has 4 aromatic rings. The van der Waals surface area contributed by atoms with Crippen LogP contribution in [0.2, 0.25) is 5.02 Å². The van der Waals surface area contributed by atoms with Crippen LogP contribution in [-0.4, -0.2) is 47.5 Å². The smallest absolute Gasteiger partial charge is 0.339 e. The zero-order valence-corrected chi connectivity index (χ0v) is 20.3. The fourth-order valence-corrected chi connectivity index (χ4v) is 3.71. The van der Waals surface area contributed by atoms with E-state index in [-0.39, 0.29) is 16.6 Å². The van der Waals surface area contributed by atoms with Gasteiger partial charge in [0.1, 0.15) is 17.2 Å². The third-order valence-electron chi connectivity index (χ3n) is 5.13. The number of hydrogen-bond donors (Lipinski definition) is 1. The molecule has 0 atom stereocenters. The highest BCUT2D eigenvalue weighted by Crippen LogP contribution is 2.36. The Kier molecular flexibility index (Phi) is 6.92. The first-order chi connectivity index (χ1) is 16.8. The van der Waals surface area contributed by atoms with Crippen LogP contribution in [0.4, 0.5) is 5.69 Å². The van der Waals surface area contributed by atoms with Crippen molar-refractivity contribution in [2.75, 3.05) is 26.1 Å². The summed E-state index contributed by atoms with van der Waals surface area (Å²) < 4.78 is 22.9. The van der Waals surface area contributed by atoms with Crippen molar-refractivity contribution >= 4 is 40.2 Å². The van der Waals surface area contributed by atoms with E-state index in [1.54, 1.807) is 35.1 Å². The predicted molar refractivity (Wildman–Crippen MR) is 129 cm³/mol. The highest BCUT2D eigenvalue weighted by molar-refractivity contribution is 6.32. The van der Waals surface area contributed by atoms with Crippen LogP contribution in [0.3, 0.4) is 0 Å². The second kappa shape index (κ2) is 10.1. The van der Waals surface area contributed by atoms with E-state index < -0.39 is 18.5 Å². The molecule has 0 spiro atoms. The lowest BCUT2D eigenvalue weighted by atomic mass is 10.1. The summed E-state index contributed by atoms with van der Waals surface area (Å²) in [4.78, 5) is 30.2. The SMILES string of the molecule is COc1cc(OC)c(NC(=O)COC(=O)c2cc(-c3ccco3)nc3c2cnn3C(C)C)cc1Cl. The number of esters is 1. The first-order valence-corrected chi connectivity index (χ1v) is 11.0. The molecule has 0 aliphatic heterocycles. The van der Waals surface area contributed by atoms with Gasteiger partial charge in [0, 0.05) is 12.1 Å². The molecule has 4 rings (SSSR count). The Balaban J connectivity index is 1.56. The summed E-state index contributed by atoms with van der Waals surface area (Å²) in [6, 6.07) is 8.05. The zero-order chi connectivity index (χ0) is 25.1. The lowest BCUT2D eigenvalue weighted by molar-refractivity contribution is -0.119. The standard InChI is InChI=1S/C24H23ClN4O6/c1-13(2)29-23-15(11-26-29)14(8-17(28-23)19-6-5-7-34-19)24(31)35-12-22(30)27-18-9-16(25)20(32-3)10-21(18)33-4/h5-11,13H,12H2,1-4H3,(H,27,30). The molecule has 0 saturated heterocycles. The average molecular weight is 499 g/mol. The first-order valence-electron chi connectivity index (χ1n) is 10.6. The number of carbonyl (C=O) groups excluding carboxylic acids is 2. The number of hydrogen-bond acceptors (Lipinski definition) is 8. The van der Waals surface area contributed by atoms with Crippen molar-refractivity contribution in [1.29, 1.82) is 0 Å². The number of furan rings is 1. The number of rotatable bonds is 8. The topological polar surface area (TPSA) is 118 Å². The second-order valence-corrected chi connectivity index (χ2v) is 8.17. The van der Waals surface area contributed by atoms with Gasteiger partial charge in [0.2, 0.25) is 0 Å². The molecule has 1 aromatic carbocycles. The van der Waals surface area contributed by atoms with Crippen molar-refractivity contribution in [3.8, 4) is 23.0 Å². The monoisotopic (exact) mass is 498 g/mol. The van der Waals surface area contributed by atoms with Gasteiger partial charge in [-0.25, -0.2) is 14.5 Å². The van der Waals surface area contributed by atoms with Crippen LogP contribution in [0.25, 0.3) is 22.5 Å². The molecule has 0 fully saturated rings.